The van der Waals surface area contributed by atoms with Crippen LogP contribution in [0.15, 0.2) is 18.2 Å². The molecule has 0 aliphatic carbocycles. The number of urea groups is 1. The molecular formula is C18H27ClN4OS2. The molecule has 0 unspecified atom stereocenters. The predicted molar refractivity (Wildman–Crippen MR) is 116 cm³/mol. The Bertz CT molecular complexity index is 632. The maximum absolute atomic E-state index is 12.3. The van der Waals surface area contributed by atoms with Gasteiger partial charge in [-0.3, -0.25) is 0 Å². The number of hydrogen-bond acceptors (Lipinski definition) is 5. The van der Waals surface area contributed by atoms with Gasteiger partial charge in [-0.05, 0) is 44.5 Å². The number of hydrogen-bond donors (Lipinski definition) is 2. The van der Waals surface area contributed by atoms with Gasteiger partial charge in [-0.25, -0.2) is 4.79 Å². The van der Waals surface area contributed by atoms with Crippen molar-refractivity contribution in [3.63, 3.8) is 0 Å². The first-order chi connectivity index (χ1) is 12.5. The van der Waals surface area contributed by atoms with Crippen LogP contribution in [0.1, 0.15) is 6.42 Å². The highest BCUT2D eigenvalue weighted by molar-refractivity contribution is 7.99. The van der Waals surface area contributed by atoms with Crippen LogP contribution in [0.5, 0.6) is 0 Å². The molecule has 144 valence electrons. The third kappa shape index (κ3) is 4.74. The van der Waals surface area contributed by atoms with Crippen molar-refractivity contribution in [1.82, 2.24) is 10.2 Å². The zero-order valence-electron chi connectivity index (χ0n) is 15.4. The normalized spacial score (nSPS) is 23.3. The molecule has 0 aromatic heterocycles. The molecule has 2 amide bonds. The average Bonchev–Trinajstić information content (AvgIpc) is 3.11. The maximum atomic E-state index is 12.3. The predicted octanol–water partition coefficient (Wildman–Crippen LogP) is 3.45. The molecule has 2 aliphatic rings. The monoisotopic (exact) mass is 414 g/mol. The molecule has 0 saturated carbocycles. The summed E-state index contributed by atoms with van der Waals surface area (Å²) in [5.74, 6) is 4.46. The van der Waals surface area contributed by atoms with Gasteiger partial charge in [0, 0.05) is 48.1 Å². The van der Waals surface area contributed by atoms with E-state index in [9.17, 15) is 4.79 Å². The van der Waals surface area contributed by atoms with E-state index in [2.05, 4.69) is 34.5 Å². The van der Waals surface area contributed by atoms with E-state index in [1.165, 1.54) is 0 Å². The van der Waals surface area contributed by atoms with Crippen molar-refractivity contribution in [3.05, 3.63) is 23.2 Å². The van der Waals surface area contributed by atoms with Gasteiger partial charge >= 0.3 is 6.03 Å². The second kappa shape index (κ2) is 8.95. The number of amides is 2. The highest BCUT2D eigenvalue weighted by Gasteiger charge is 2.36. The molecule has 1 atom stereocenters. The number of carbonyl (C=O) groups excluding carboxylic acids is 1. The van der Waals surface area contributed by atoms with E-state index in [0.29, 0.717) is 11.6 Å². The molecule has 5 nitrogen and oxygen atoms in total. The molecule has 0 bridgehead atoms. The Kier molecular flexibility index (Phi) is 6.88. The van der Waals surface area contributed by atoms with Crippen LogP contribution in [0, 0.1) is 0 Å². The fraction of sp³-hybridized carbons (Fsp3) is 0.611. The van der Waals surface area contributed by atoms with Crippen molar-refractivity contribution in [2.45, 2.75) is 12.0 Å². The van der Waals surface area contributed by atoms with Gasteiger partial charge in [0.05, 0.1) is 10.7 Å². The van der Waals surface area contributed by atoms with E-state index in [4.69, 9.17) is 11.6 Å². The topological polar surface area (TPSA) is 47.6 Å². The van der Waals surface area contributed by atoms with Crippen molar-refractivity contribution >= 4 is 52.5 Å². The van der Waals surface area contributed by atoms with Crippen LogP contribution in [0.25, 0.3) is 0 Å². The van der Waals surface area contributed by atoms with E-state index >= 15 is 0 Å². The number of carbonyl (C=O) groups is 1. The first kappa shape index (κ1) is 20.0. The fourth-order valence-electron chi connectivity index (χ4n) is 3.31. The average molecular weight is 415 g/mol. The molecular weight excluding hydrogens is 388 g/mol. The first-order valence-electron chi connectivity index (χ1n) is 8.92. The molecule has 1 aromatic rings. The lowest BCUT2D eigenvalue weighted by atomic mass is 9.97. The molecule has 2 fully saturated rings. The van der Waals surface area contributed by atoms with E-state index in [-0.39, 0.29) is 11.6 Å². The SMILES string of the molecule is CN(C)[C@@]1(CNC(=O)Nc2ccc(N3CCSCC3)c(Cl)c2)CCSC1. The van der Waals surface area contributed by atoms with Crippen LogP contribution >= 0.6 is 35.1 Å². The van der Waals surface area contributed by atoms with Gasteiger partial charge < -0.3 is 20.4 Å². The molecule has 2 aliphatic heterocycles. The largest absolute Gasteiger partial charge is 0.369 e. The molecule has 2 saturated heterocycles. The lowest BCUT2D eigenvalue weighted by Gasteiger charge is -2.35. The third-order valence-corrected chi connectivity index (χ3v) is 7.65. The summed E-state index contributed by atoms with van der Waals surface area (Å²) in [6, 6.07) is 5.59. The minimum atomic E-state index is -0.179. The molecule has 8 heteroatoms. The second-order valence-electron chi connectivity index (χ2n) is 6.99. The van der Waals surface area contributed by atoms with Crippen LogP contribution in [0.3, 0.4) is 0 Å². The van der Waals surface area contributed by atoms with Crippen molar-refractivity contribution in [3.8, 4) is 0 Å². The number of anilines is 2. The standard InChI is InChI=1S/C18H27ClN4OS2/c1-22(2)18(5-8-26-13-18)12-20-17(24)21-14-3-4-16(15(19)11-14)23-6-9-25-10-7-23/h3-4,11H,5-10,12-13H2,1-2H3,(H2,20,21,24)/t18-/m1/s1. The molecule has 26 heavy (non-hydrogen) atoms. The summed E-state index contributed by atoms with van der Waals surface area (Å²) < 4.78 is 0. The van der Waals surface area contributed by atoms with E-state index < -0.39 is 0 Å². The Morgan fingerprint density at radius 2 is 2.04 bits per heavy atom. The Labute approximate surface area is 169 Å². The first-order valence-corrected chi connectivity index (χ1v) is 11.6. The van der Waals surface area contributed by atoms with Gasteiger partial charge in [-0.2, -0.15) is 23.5 Å². The number of nitrogens with zero attached hydrogens (tertiary/aromatic N) is 2. The Morgan fingerprint density at radius 3 is 2.65 bits per heavy atom. The number of rotatable bonds is 5. The van der Waals surface area contributed by atoms with E-state index in [1.807, 2.05) is 41.7 Å². The maximum Gasteiger partial charge on any atom is 0.319 e. The van der Waals surface area contributed by atoms with Crippen molar-refractivity contribution in [1.29, 1.82) is 0 Å². The summed E-state index contributed by atoms with van der Waals surface area (Å²) in [6.07, 6.45) is 1.10. The van der Waals surface area contributed by atoms with Gasteiger partial charge in [-0.1, -0.05) is 11.6 Å². The van der Waals surface area contributed by atoms with Crippen molar-refractivity contribution in [2.24, 2.45) is 0 Å². The minimum Gasteiger partial charge on any atom is -0.369 e. The zero-order valence-corrected chi connectivity index (χ0v) is 17.8. The van der Waals surface area contributed by atoms with Crippen LogP contribution in [0.2, 0.25) is 5.02 Å². The number of benzene rings is 1. The molecule has 1 aromatic carbocycles. The molecule has 2 heterocycles. The molecule has 2 N–H and O–H groups in total. The van der Waals surface area contributed by atoms with Crippen LogP contribution in [-0.4, -0.2) is 73.2 Å². The number of thioether (sulfide) groups is 2. The van der Waals surface area contributed by atoms with Crippen molar-refractivity contribution in [2.75, 3.05) is 67.0 Å². The Balaban J connectivity index is 1.56. The molecule has 0 radical (unpaired) electrons. The van der Waals surface area contributed by atoms with E-state index in [0.717, 1.165) is 53.9 Å². The Morgan fingerprint density at radius 1 is 1.27 bits per heavy atom. The number of halogens is 1. The van der Waals surface area contributed by atoms with Crippen LogP contribution in [0.4, 0.5) is 16.2 Å². The lowest BCUT2D eigenvalue weighted by molar-refractivity contribution is 0.176. The summed E-state index contributed by atoms with van der Waals surface area (Å²) in [5, 5.41) is 6.63. The van der Waals surface area contributed by atoms with Gasteiger partial charge in [0.25, 0.3) is 0 Å². The van der Waals surface area contributed by atoms with Crippen LogP contribution < -0.4 is 15.5 Å². The summed E-state index contributed by atoms with van der Waals surface area (Å²) in [7, 11) is 4.17. The van der Waals surface area contributed by atoms with Gasteiger partial charge in [0.2, 0.25) is 0 Å². The summed E-state index contributed by atoms with van der Waals surface area (Å²) in [4.78, 5) is 16.9. The second-order valence-corrected chi connectivity index (χ2v) is 9.73. The summed E-state index contributed by atoms with van der Waals surface area (Å²) in [5.41, 5.74) is 1.82. The highest BCUT2D eigenvalue weighted by atomic mass is 35.5. The number of nitrogens with one attached hydrogen (secondary N) is 2. The zero-order chi connectivity index (χ0) is 18.6. The van der Waals surface area contributed by atoms with Gasteiger partial charge in [0.15, 0.2) is 0 Å². The summed E-state index contributed by atoms with van der Waals surface area (Å²) >= 11 is 10.4. The highest BCUT2D eigenvalue weighted by Crippen LogP contribution is 2.32. The lowest BCUT2D eigenvalue weighted by Crippen LogP contribution is -2.53. The smallest absolute Gasteiger partial charge is 0.319 e. The van der Waals surface area contributed by atoms with Crippen molar-refractivity contribution < 1.29 is 4.79 Å². The Hall–Kier alpha value is -0.760. The van der Waals surface area contributed by atoms with Gasteiger partial charge in [-0.15, -0.1) is 0 Å². The molecule has 3 rings (SSSR count). The summed E-state index contributed by atoms with van der Waals surface area (Å²) in [6.45, 7) is 2.68. The third-order valence-electron chi connectivity index (χ3n) is 5.17. The fourth-order valence-corrected chi connectivity index (χ4v) is 6.07. The number of likely N-dealkylation sites (N-methyl/N-ethyl adjacent to an activating group) is 1. The molecule has 0 spiro atoms. The van der Waals surface area contributed by atoms with Gasteiger partial charge in [0.1, 0.15) is 0 Å². The minimum absolute atomic E-state index is 0.0514. The van der Waals surface area contributed by atoms with Crippen LogP contribution in [-0.2, 0) is 0 Å². The van der Waals surface area contributed by atoms with E-state index in [1.54, 1.807) is 0 Å². The quantitative estimate of drug-likeness (QED) is 0.772.